The smallest absolute Gasteiger partial charge is 0.243 e. The number of anilines is 1. The van der Waals surface area contributed by atoms with Gasteiger partial charge in [-0.15, -0.1) is 0 Å². The van der Waals surface area contributed by atoms with E-state index in [0.717, 1.165) is 12.1 Å². The van der Waals surface area contributed by atoms with E-state index in [1.807, 2.05) is 0 Å². The van der Waals surface area contributed by atoms with E-state index in [-0.39, 0.29) is 18.2 Å². The van der Waals surface area contributed by atoms with Crippen LogP contribution in [0.4, 0.5) is 14.5 Å². The highest BCUT2D eigenvalue weighted by molar-refractivity contribution is 7.89. The molecule has 0 bridgehead atoms. The summed E-state index contributed by atoms with van der Waals surface area (Å²) in [5.74, 6) is -2.65. The third-order valence-corrected chi connectivity index (χ3v) is 3.41. The first-order valence-corrected chi connectivity index (χ1v) is 6.46. The van der Waals surface area contributed by atoms with Gasteiger partial charge in [-0.2, -0.15) is 0 Å². The maximum absolute atomic E-state index is 13.4. The van der Waals surface area contributed by atoms with Crippen LogP contribution in [0.15, 0.2) is 17.0 Å². The Balaban J connectivity index is 3.15. The normalized spacial score (nSPS) is 12.1. The van der Waals surface area contributed by atoms with E-state index < -0.39 is 26.6 Å². The molecular weight excluding hydrogens is 250 g/mol. The van der Waals surface area contributed by atoms with Crippen LogP contribution in [0.2, 0.25) is 0 Å². The monoisotopic (exact) mass is 264 g/mol. The number of nitrogen functional groups attached to an aromatic ring is 1. The quantitative estimate of drug-likeness (QED) is 0.809. The number of benzene rings is 1. The minimum absolute atomic E-state index is 0.0544. The van der Waals surface area contributed by atoms with E-state index in [1.165, 1.54) is 0 Å². The molecule has 96 valence electrons. The summed E-state index contributed by atoms with van der Waals surface area (Å²) in [6, 6.07) is 1.62. The van der Waals surface area contributed by atoms with Gasteiger partial charge in [0.2, 0.25) is 10.0 Å². The van der Waals surface area contributed by atoms with Crippen molar-refractivity contribution in [1.29, 1.82) is 0 Å². The van der Waals surface area contributed by atoms with Gasteiger partial charge < -0.3 is 5.73 Å². The molecule has 0 radical (unpaired) electrons. The van der Waals surface area contributed by atoms with Gasteiger partial charge in [-0.1, -0.05) is 13.8 Å². The average Bonchev–Trinajstić information content (AvgIpc) is 2.20. The lowest BCUT2D eigenvalue weighted by Crippen LogP contribution is -2.28. The van der Waals surface area contributed by atoms with E-state index in [2.05, 4.69) is 4.72 Å². The maximum Gasteiger partial charge on any atom is 0.243 e. The first-order valence-electron chi connectivity index (χ1n) is 4.98. The summed E-state index contributed by atoms with van der Waals surface area (Å²) in [5.41, 5.74) is 5.14. The van der Waals surface area contributed by atoms with Crippen molar-refractivity contribution >= 4 is 15.7 Å². The van der Waals surface area contributed by atoms with E-state index in [9.17, 15) is 17.2 Å². The Morgan fingerprint density at radius 3 is 2.47 bits per heavy atom. The van der Waals surface area contributed by atoms with Gasteiger partial charge in [-0.25, -0.2) is 21.9 Å². The van der Waals surface area contributed by atoms with Crippen molar-refractivity contribution in [2.75, 3.05) is 12.3 Å². The predicted octanol–water partition coefficient (Wildman–Crippen LogP) is 1.48. The number of hydrogen-bond acceptors (Lipinski definition) is 3. The number of nitrogens with two attached hydrogens (primary N) is 1. The lowest BCUT2D eigenvalue weighted by Gasteiger charge is -2.10. The molecule has 0 aromatic heterocycles. The molecule has 0 unspecified atom stereocenters. The zero-order chi connectivity index (χ0) is 13.2. The first kappa shape index (κ1) is 13.9. The summed E-state index contributed by atoms with van der Waals surface area (Å²) >= 11 is 0. The summed E-state index contributed by atoms with van der Waals surface area (Å²) in [7, 11) is -4.08. The first-order chi connectivity index (χ1) is 7.74. The largest absolute Gasteiger partial charge is 0.399 e. The highest BCUT2D eigenvalue weighted by atomic mass is 32.2. The van der Waals surface area contributed by atoms with Crippen molar-refractivity contribution in [2.24, 2.45) is 5.92 Å². The van der Waals surface area contributed by atoms with E-state index >= 15 is 0 Å². The van der Waals surface area contributed by atoms with Crippen molar-refractivity contribution < 1.29 is 17.2 Å². The molecule has 0 amide bonds. The van der Waals surface area contributed by atoms with E-state index in [4.69, 9.17) is 5.73 Å². The van der Waals surface area contributed by atoms with Gasteiger partial charge in [0.1, 0.15) is 4.90 Å². The summed E-state index contributed by atoms with van der Waals surface area (Å²) in [6.45, 7) is 3.72. The van der Waals surface area contributed by atoms with Crippen molar-refractivity contribution in [3.05, 3.63) is 23.8 Å². The molecule has 0 saturated heterocycles. The molecule has 1 rings (SSSR count). The lowest BCUT2D eigenvalue weighted by atomic mass is 10.2. The Bertz CT molecular complexity index is 515. The molecule has 0 spiro atoms. The minimum Gasteiger partial charge on any atom is -0.399 e. The van der Waals surface area contributed by atoms with Crippen molar-refractivity contribution in [1.82, 2.24) is 4.72 Å². The van der Waals surface area contributed by atoms with Gasteiger partial charge in [0, 0.05) is 12.2 Å². The number of hydrogen-bond donors (Lipinski definition) is 2. The van der Waals surface area contributed by atoms with Crippen LogP contribution in [0, 0.1) is 17.6 Å². The minimum atomic E-state index is -4.08. The molecule has 1 aromatic rings. The van der Waals surface area contributed by atoms with E-state index in [0.29, 0.717) is 0 Å². The highest BCUT2D eigenvalue weighted by Crippen LogP contribution is 2.20. The van der Waals surface area contributed by atoms with Crippen LogP contribution >= 0.6 is 0 Å². The van der Waals surface area contributed by atoms with Crippen LogP contribution in [-0.2, 0) is 10.0 Å². The molecule has 0 aliphatic rings. The maximum atomic E-state index is 13.4. The number of nitrogens with one attached hydrogen (secondary N) is 1. The van der Waals surface area contributed by atoms with Crippen LogP contribution < -0.4 is 10.5 Å². The standard InChI is InChI=1S/C10H14F2N2O2S/c1-6(2)5-14-17(15,16)9-4-7(13)3-8(11)10(9)12/h3-4,6,14H,5,13H2,1-2H3. The zero-order valence-corrected chi connectivity index (χ0v) is 10.3. The fourth-order valence-corrected chi connectivity index (χ4v) is 2.47. The second-order valence-electron chi connectivity index (χ2n) is 4.06. The molecule has 17 heavy (non-hydrogen) atoms. The molecule has 7 heteroatoms. The fourth-order valence-electron chi connectivity index (χ4n) is 1.13. The fraction of sp³-hybridized carbons (Fsp3) is 0.400. The second kappa shape index (κ2) is 4.97. The van der Waals surface area contributed by atoms with Crippen LogP contribution in [0.5, 0.6) is 0 Å². The second-order valence-corrected chi connectivity index (χ2v) is 5.80. The molecular formula is C10H14F2N2O2S. The number of sulfonamides is 1. The van der Waals surface area contributed by atoms with Crippen molar-refractivity contribution in [3.8, 4) is 0 Å². The van der Waals surface area contributed by atoms with Gasteiger partial charge in [0.15, 0.2) is 11.6 Å². The van der Waals surface area contributed by atoms with Crippen molar-refractivity contribution in [3.63, 3.8) is 0 Å². The number of rotatable bonds is 4. The molecule has 0 heterocycles. The summed E-state index contributed by atoms with van der Waals surface area (Å²) in [4.78, 5) is -0.768. The van der Waals surface area contributed by atoms with Crippen LogP contribution in [0.3, 0.4) is 0 Å². The summed E-state index contributed by atoms with van der Waals surface area (Å²) in [5, 5.41) is 0. The molecule has 1 aromatic carbocycles. The Hall–Kier alpha value is -1.21. The predicted molar refractivity (Wildman–Crippen MR) is 60.8 cm³/mol. The average molecular weight is 264 g/mol. The Morgan fingerprint density at radius 1 is 1.35 bits per heavy atom. The van der Waals surface area contributed by atoms with Gasteiger partial charge >= 0.3 is 0 Å². The molecule has 0 fully saturated rings. The third-order valence-electron chi connectivity index (χ3n) is 1.99. The molecule has 0 atom stereocenters. The van der Waals surface area contributed by atoms with Crippen LogP contribution in [-0.4, -0.2) is 15.0 Å². The SMILES string of the molecule is CC(C)CNS(=O)(=O)c1cc(N)cc(F)c1F. The summed E-state index contributed by atoms with van der Waals surface area (Å²) in [6.07, 6.45) is 0. The zero-order valence-electron chi connectivity index (χ0n) is 9.50. The van der Waals surface area contributed by atoms with E-state index in [1.54, 1.807) is 13.8 Å². The lowest BCUT2D eigenvalue weighted by molar-refractivity contribution is 0.482. The Kier molecular flexibility index (Phi) is 4.05. The van der Waals surface area contributed by atoms with Gasteiger partial charge in [-0.3, -0.25) is 0 Å². The third kappa shape index (κ3) is 3.37. The molecule has 0 aliphatic carbocycles. The Labute approximate surface area is 98.9 Å². The highest BCUT2D eigenvalue weighted by Gasteiger charge is 2.22. The molecule has 0 saturated carbocycles. The topological polar surface area (TPSA) is 72.2 Å². The summed E-state index contributed by atoms with van der Waals surface area (Å²) < 4.78 is 51.9. The van der Waals surface area contributed by atoms with Gasteiger partial charge in [-0.05, 0) is 18.1 Å². The molecule has 0 aliphatic heterocycles. The van der Waals surface area contributed by atoms with Gasteiger partial charge in [0.25, 0.3) is 0 Å². The van der Waals surface area contributed by atoms with Crippen LogP contribution in [0.1, 0.15) is 13.8 Å². The number of halogens is 2. The molecule has 3 N–H and O–H groups in total. The van der Waals surface area contributed by atoms with Crippen LogP contribution in [0.25, 0.3) is 0 Å². The van der Waals surface area contributed by atoms with Crippen molar-refractivity contribution in [2.45, 2.75) is 18.7 Å². The Morgan fingerprint density at radius 2 is 1.94 bits per heavy atom. The molecule has 4 nitrogen and oxygen atoms in total. The van der Waals surface area contributed by atoms with Gasteiger partial charge in [0.05, 0.1) is 0 Å².